The van der Waals surface area contributed by atoms with Crippen molar-refractivity contribution in [1.82, 2.24) is 35.8 Å². The lowest BCUT2D eigenvalue weighted by molar-refractivity contribution is -0.149. The van der Waals surface area contributed by atoms with Gasteiger partial charge in [0.25, 0.3) is 0 Å². The van der Waals surface area contributed by atoms with E-state index in [1.165, 1.54) is 43.1 Å². The van der Waals surface area contributed by atoms with Gasteiger partial charge in [0.2, 0.25) is 57.3 Å². The molecule has 22 nitrogen and oxygen atoms in total. The number of likely N-dealkylation sites (tertiary alicyclic amines) is 1. The van der Waals surface area contributed by atoms with Crippen LogP contribution in [-0.4, -0.2) is 133 Å². The van der Waals surface area contributed by atoms with Gasteiger partial charge in [-0.3, -0.25) is 43.2 Å². The van der Waals surface area contributed by atoms with E-state index >= 15 is 0 Å². The fourth-order valence-electron chi connectivity index (χ4n) is 7.57. The van der Waals surface area contributed by atoms with Gasteiger partial charge in [0.05, 0.1) is 17.7 Å². The first-order valence-corrected chi connectivity index (χ1v) is 23.8. The zero-order valence-corrected chi connectivity index (χ0v) is 40.0. The number of carboxylic acids is 1. The number of benzene rings is 2. The molecule has 1 aliphatic heterocycles. The highest BCUT2D eigenvalue weighted by molar-refractivity contribution is 7.89. The highest BCUT2D eigenvalue weighted by Crippen LogP contribution is 2.25. The summed E-state index contributed by atoms with van der Waals surface area (Å²) in [6.07, 6.45) is -0.796. The summed E-state index contributed by atoms with van der Waals surface area (Å²) in [7, 11) is -2.55. The lowest BCUT2D eigenvalue weighted by Crippen LogP contribution is -2.60. The van der Waals surface area contributed by atoms with Gasteiger partial charge in [-0.2, -0.15) is 0 Å². The van der Waals surface area contributed by atoms with Crippen LogP contribution in [0.25, 0.3) is 0 Å². The van der Waals surface area contributed by atoms with Gasteiger partial charge in [-0.15, -0.1) is 0 Å². The molecule has 2 aromatic rings. The average Bonchev–Trinajstić information content (AvgIpc) is 3.71. The number of hydrogen-bond donors (Lipinski definition) is 8. The Hall–Kier alpha value is -6.62. The van der Waals surface area contributed by atoms with Crippen molar-refractivity contribution in [2.75, 3.05) is 20.1 Å². The molecule has 1 fully saturated rings. The van der Waals surface area contributed by atoms with Gasteiger partial charge in [0.1, 0.15) is 41.7 Å². The van der Waals surface area contributed by atoms with Gasteiger partial charge in [-0.1, -0.05) is 45.9 Å². The highest BCUT2D eigenvalue weighted by Gasteiger charge is 2.40. The number of likely N-dealkylation sites (N-methyl/N-ethyl adjacent to an activating group) is 1. The van der Waals surface area contributed by atoms with E-state index in [0.717, 1.165) is 0 Å². The van der Waals surface area contributed by atoms with Crippen LogP contribution in [0, 0.1) is 11.8 Å². The minimum atomic E-state index is -3.99. The Balaban J connectivity index is 1.62. The maximum absolute atomic E-state index is 14.0. The summed E-state index contributed by atoms with van der Waals surface area (Å²) in [5.41, 5.74) is 10.7. The second kappa shape index (κ2) is 26.1. The molecule has 6 atom stereocenters. The number of ether oxygens (including phenoxy) is 1. The molecule has 3 rings (SSSR count). The van der Waals surface area contributed by atoms with Crippen molar-refractivity contribution in [1.29, 1.82) is 0 Å². The number of rotatable bonds is 27. The second-order valence-corrected chi connectivity index (χ2v) is 19.2. The summed E-state index contributed by atoms with van der Waals surface area (Å²) >= 11 is 0. The normalized spacial score (nSPS) is 15.8. The van der Waals surface area contributed by atoms with Crippen molar-refractivity contribution >= 4 is 63.3 Å². The number of carbonyl (C=O) groups excluding carboxylic acids is 8. The van der Waals surface area contributed by atoms with Crippen LogP contribution >= 0.6 is 0 Å². The van der Waals surface area contributed by atoms with E-state index in [2.05, 4.69) is 26.0 Å². The minimum Gasteiger partial charge on any atom is -0.481 e. The van der Waals surface area contributed by atoms with Crippen LogP contribution in [0.1, 0.15) is 86.0 Å². The number of sulfonamides is 1. The Kier molecular flexibility index (Phi) is 21.4. The maximum Gasteiger partial charge on any atom is 0.305 e. The first kappa shape index (κ1) is 55.7. The molecule has 1 saturated heterocycles. The monoisotopic (exact) mass is 971 g/mol. The topological polar surface area (TPSA) is 336 Å². The summed E-state index contributed by atoms with van der Waals surface area (Å²) in [5.74, 6) is -7.59. The molecular weight excluding hydrogens is 907 g/mol. The Bertz CT molecular complexity index is 2230. The van der Waals surface area contributed by atoms with Gasteiger partial charge in [-0.25, -0.2) is 13.1 Å². The lowest BCUT2D eigenvalue weighted by atomic mass is 9.97. The van der Waals surface area contributed by atoms with Crippen LogP contribution in [-0.2, 0) is 53.2 Å². The molecule has 0 radical (unpaired) electrons. The molecule has 23 heteroatoms. The SMILES string of the molecule is CC(C)C[C@H](NC(=O)[C@H](C)NC(=O)[C@H](CC(=O)O)NC(=O)[C@H](CC(N)=O)NC(=O)CCCNS(=O)(=O)c1ccc(Oc2ccccc2)cc1)C(=O)N(C)[C@H](C(=O)N1CCC[C@H]1CC(N)=O)C(C)C. The molecule has 0 aromatic heterocycles. The standard InChI is InChI=1S/C45H65N9O13S/c1-26(2)22-35(44(63)53(6)40(27(3)4)45(64)54-21-11-12-29(54)23-36(46)55)52-41(60)28(5)49-42(61)34(25-39(58)59)51-43(62)33(24-37(47)56)50-38(57)15-10-20-48-68(65,66)32-18-16-31(17-19-32)67-30-13-8-7-9-14-30/h7-9,13-14,16-19,26-29,33-35,40,48H,10-12,15,20-25H2,1-6H3,(H2,46,55)(H2,47,56)(H,49,61)(H,50,57)(H,51,62)(H,52,60)(H,58,59)/t28-,29-,33-,34-,35-,40-/m0/s1. The zero-order chi connectivity index (χ0) is 50.9. The molecule has 0 spiro atoms. The van der Waals surface area contributed by atoms with Crippen molar-refractivity contribution in [2.24, 2.45) is 23.3 Å². The zero-order valence-electron chi connectivity index (χ0n) is 39.2. The molecule has 0 saturated carbocycles. The first-order valence-electron chi connectivity index (χ1n) is 22.3. The Labute approximate surface area is 396 Å². The number of para-hydroxylation sites is 1. The van der Waals surface area contributed by atoms with Crippen molar-refractivity contribution in [3.8, 4) is 11.5 Å². The molecule has 0 aliphatic carbocycles. The molecule has 68 heavy (non-hydrogen) atoms. The van der Waals surface area contributed by atoms with Crippen molar-refractivity contribution in [3.05, 3.63) is 54.6 Å². The fraction of sp³-hybridized carbons (Fsp3) is 0.533. The molecule has 0 unspecified atom stereocenters. The van der Waals surface area contributed by atoms with Crippen molar-refractivity contribution in [3.63, 3.8) is 0 Å². The number of carbonyl (C=O) groups is 9. The third-order valence-corrected chi connectivity index (χ3v) is 12.4. The average molecular weight is 972 g/mol. The van der Waals surface area contributed by atoms with Crippen molar-refractivity contribution < 1.29 is 61.4 Å². The van der Waals surface area contributed by atoms with Crippen LogP contribution in [0.2, 0.25) is 0 Å². The third-order valence-electron chi connectivity index (χ3n) is 10.9. The number of nitrogens with two attached hydrogens (primary N) is 2. The molecule has 10 N–H and O–H groups in total. The Morgan fingerprint density at radius 3 is 1.94 bits per heavy atom. The first-order chi connectivity index (χ1) is 31.9. The van der Waals surface area contributed by atoms with Crippen LogP contribution < -0.4 is 42.2 Å². The summed E-state index contributed by atoms with van der Waals surface area (Å²) in [6, 6.07) is 7.04. The quantitative estimate of drug-likeness (QED) is 0.0557. The van der Waals surface area contributed by atoms with Crippen LogP contribution in [0.4, 0.5) is 0 Å². The van der Waals surface area contributed by atoms with E-state index in [-0.39, 0.29) is 54.9 Å². The van der Waals surface area contributed by atoms with Gasteiger partial charge in [-0.05, 0) is 80.8 Å². The summed E-state index contributed by atoms with van der Waals surface area (Å²) < 4.78 is 33.8. The highest BCUT2D eigenvalue weighted by atomic mass is 32.2. The predicted octanol–water partition coefficient (Wildman–Crippen LogP) is 0.242. The largest absolute Gasteiger partial charge is 0.481 e. The van der Waals surface area contributed by atoms with Crippen LogP contribution in [0.5, 0.6) is 11.5 Å². The van der Waals surface area contributed by atoms with Gasteiger partial charge in [0, 0.05) is 39.0 Å². The minimum absolute atomic E-state index is 0.0215. The number of hydrogen-bond acceptors (Lipinski definition) is 12. The maximum atomic E-state index is 14.0. The van der Waals surface area contributed by atoms with E-state index in [1.807, 2.05) is 19.9 Å². The summed E-state index contributed by atoms with van der Waals surface area (Å²) in [6.45, 7) is 8.59. The fourth-order valence-corrected chi connectivity index (χ4v) is 8.65. The Morgan fingerprint density at radius 1 is 0.779 bits per heavy atom. The van der Waals surface area contributed by atoms with Gasteiger partial charge in [0.15, 0.2) is 0 Å². The number of amides is 8. The number of nitrogens with zero attached hydrogens (tertiary/aromatic N) is 2. The second-order valence-electron chi connectivity index (χ2n) is 17.4. The van der Waals surface area contributed by atoms with E-state index in [4.69, 9.17) is 16.2 Å². The van der Waals surface area contributed by atoms with Crippen LogP contribution in [0.15, 0.2) is 59.5 Å². The van der Waals surface area contributed by atoms with E-state index in [1.54, 1.807) is 43.0 Å². The van der Waals surface area contributed by atoms with E-state index in [9.17, 15) is 56.7 Å². The lowest BCUT2D eigenvalue weighted by Gasteiger charge is -2.37. The van der Waals surface area contributed by atoms with Gasteiger partial charge >= 0.3 is 5.97 Å². The molecule has 0 bridgehead atoms. The molecule has 374 valence electrons. The van der Waals surface area contributed by atoms with Crippen molar-refractivity contribution in [2.45, 2.75) is 127 Å². The predicted molar refractivity (Wildman–Crippen MR) is 246 cm³/mol. The molecule has 2 aromatic carbocycles. The number of nitrogens with one attached hydrogen (secondary N) is 5. The Morgan fingerprint density at radius 2 is 1.37 bits per heavy atom. The van der Waals surface area contributed by atoms with E-state index in [0.29, 0.717) is 30.9 Å². The summed E-state index contributed by atoms with van der Waals surface area (Å²) in [4.78, 5) is 119. The van der Waals surface area contributed by atoms with E-state index < -0.39 is 106 Å². The molecular formula is C45H65N9O13S. The number of aliphatic carboxylic acids is 1. The number of primary amides is 2. The smallest absolute Gasteiger partial charge is 0.305 e. The van der Waals surface area contributed by atoms with Gasteiger partial charge < -0.3 is 52.4 Å². The van der Waals surface area contributed by atoms with Crippen LogP contribution in [0.3, 0.4) is 0 Å². The molecule has 1 aliphatic rings. The molecule has 1 heterocycles. The number of carboxylic acid groups (broad SMARTS) is 1. The summed E-state index contributed by atoms with van der Waals surface area (Å²) in [5, 5.41) is 19.0. The third kappa shape index (κ3) is 17.6. The molecule has 8 amide bonds.